The Balaban J connectivity index is 1.95. The van der Waals surface area contributed by atoms with Crippen molar-refractivity contribution in [1.82, 2.24) is 9.88 Å². The SMILES string of the molecule is COC(=O)C(Cc1ccccc1)NC(=O)c1cc2c(OC)ccc(OC)c2n1C. The van der Waals surface area contributed by atoms with Gasteiger partial charge in [0.2, 0.25) is 0 Å². The summed E-state index contributed by atoms with van der Waals surface area (Å²) in [5.74, 6) is 0.357. The minimum atomic E-state index is -0.809. The Hall–Kier alpha value is -3.48. The number of benzene rings is 2. The van der Waals surface area contributed by atoms with E-state index in [0.717, 1.165) is 16.5 Å². The van der Waals surface area contributed by atoms with Crippen LogP contribution in [0.1, 0.15) is 16.1 Å². The first-order chi connectivity index (χ1) is 14.0. The summed E-state index contributed by atoms with van der Waals surface area (Å²) < 4.78 is 17.5. The van der Waals surface area contributed by atoms with E-state index in [1.807, 2.05) is 30.3 Å². The van der Waals surface area contributed by atoms with Crippen molar-refractivity contribution in [3.63, 3.8) is 0 Å². The third kappa shape index (κ3) is 4.03. The number of nitrogens with one attached hydrogen (secondary N) is 1. The van der Waals surface area contributed by atoms with Gasteiger partial charge >= 0.3 is 5.97 Å². The molecule has 0 saturated carbocycles. The van der Waals surface area contributed by atoms with Gasteiger partial charge in [0.25, 0.3) is 5.91 Å². The van der Waals surface area contributed by atoms with E-state index in [4.69, 9.17) is 14.2 Å². The number of ether oxygens (including phenoxy) is 3. The Morgan fingerprint density at radius 2 is 1.66 bits per heavy atom. The fourth-order valence-corrected chi connectivity index (χ4v) is 3.39. The summed E-state index contributed by atoms with van der Waals surface area (Å²) >= 11 is 0. The molecule has 1 atom stereocenters. The first kappa shape index (κ1) is 20.3. The molecule has 3 aromatic rings. The zero-order chi connectivity index (χ0) is 21.0. The van der Waals surface area contributed by atoms with Gasteiger partial charge in [0.15, 0.2) is 0 Å². The van der Waals surface area contributed by atoms with Crippen molar-refractivity contribution >= 4 is 22.8 Å². The Labute approximate surface area is 169 Å². The average molecular weight is 396 g/mol. The third-order valence-electron chi connectivity index (χ3n) is 4.86. The number of nitrogens with zero attached hydrogens (tertiary/aromatic N) is 1. The molecule has 7 heteroatoms. The predicted octanol–water partition coefficient (Wildman–Crippen LogP) is 2.71. The van der Waals surface area contributed by atoms with Crippen molar-refractivity contribution < 1.29 is 23.8 Å². The summed E-state index contributed by atoms with van der Waals surface area (Å²) in [4.78, 5) is 25.3. The molecule has 0 radical (unpaired) electrons. The Morgan fingerprint density at radius 3 is 2.28 bits per heavy atom. The lowest BCUT2D eigenvalue weighted by atomic mass is 10.1. The maximum absolute atomic E-state index is 13.0. The molecule has 3 rings (SSSR count). The molecular weight excluding hydrogens is 372 g/mol. The van der Waals surface area contributed by atoms with E-state index in [2.05, 4.69) is 5.32 Å². The first-order valence-electron chi connectivity index (χ1n) is 9.13. The van der Waals surface area contributed by atoms with E-state index in [0.29, 0.717) is 23.6 Å². The molecule has 0 spiro atoms. The molecule has 1 amide bonds. The highest BCUT2D eigenvalue weighted by Crippen LogP contribution is 2.35. The van der Waals surface area contributed by atoms with Gasteiger partial charge in [0.05, 0.1) is 26.8 Å². The van der Waals surface area contributed by atoms with Gasteiger partial charge in [-0.2, -0.15) is 0 Å². The van der Waals surface area contributed by atoms with E-state index >= 15 is 0 Å². The van der Waals surface area contributed by atoms with Crippen LogP contribution in [0.4, 0.5) is 0 Å². The molecule has 1 N–H and O–H groups in total. The fraction of sp³-hybridized carbons (Fsp3) is 0.273. The molecule has 29 heavy (non-hydrogen) atoms. The highest BCUT2D eigenvalue weighted by atomic mass is 16.5. The summed E-state index contributed by atoms with van der Waals surface area (Å²) in [5.41, 5.74) is 2.03. The first-order valence-corrected chi connectivity index (χ1v) is 9.13. The normalized spacial score (nSPS) is 11.7. The average Bonchev–Trinajstić information content (AvgIpc) is 3.10. The highest BCUT2D eigenvalue weighted by Gasteiger charge is 2.25. The van der Waals surface area contributed by atoms with Gasteiger partial charge in [-0.05, 0) is 23.8 Å². The number of hydrogen-bond acceptors (Lipinski definition) is 5. The second-order valence-electron chi connectivity index (χ2n) is 6.56. The van der Waals surface area contributed by atoms with Crippen LogP contribution in [0, 0.1) is 0 Å². The highest BCUT2D eigenvalue weighted by molar-refractivity contribution is 6.03. The van der Waals surface area contributed by atoms with Gasteiger partial charge < -0.3 is 24.1 Å². The Bertz CT molecular complexity index is 1030. The molecule has 2 aromatic carbocycles. The summed E-state index contributed by atoms with van der Waals surface area (Å²) in [7, 11) is 6.21. The Morgan fingerprint density at radius 1 is 1.00 bits per heavy atom. The zero-order valence-electron chi connectivity index (χ0n) is 16.9. The van der Waals surface area contributed by atoms with E-state index < -0.39 is 12.0 Å². The summed E-state index contributed by atoms with van der Waals surface area (Å²) in [6.45, 7) is 0. The minimum absolute atomic E-state index is 0.329. The largest absolute Gasteiger partial charge is 0.496 e. The smallest absolute Gasteiger partial charge is 0.328 e. The second kappa shape index (κ2) is 8.68. The zero-order valence-corrected chi connectivity index (χ0v) is 16.9. The summed E-state index contributed by atoms with van der Waals surface area (Å²) in [6.07, 6.45) is 0.329. The maximum Gasteiger partial charge on any atom is 0.328 e. The number of hydrogen-bond donors (Lipinski definition) is 1. The molecule has 0 saturated heterocycles. The number of amides is 1. The molecule has 0 aliphatic carbocycles. The van der Waals surface area contributed by atoms with Crippen molar-refractivity contribution in [3.8, 4) is 11.5 Å². The molecule has 1 heterocycles. The van der Waals surface area contributed by atoms with Crippen molar-refractivity contribution in [3.05, 3.63) is 59.8 Å². The number of rotatable bonds is 7. The summed E-state index contributed by atoms with van der Waals surface area (Å²) in [6, 6.07) is 13.9. The van der Waals surface area contributed by atoms with E-state index in [-0.39, 0.29) is 5.91 Å². The van der Waals surface area contributed by atoms with Crippen molar-refractivity contribution in [1.29, 1.82) is 0 Å². The number of esters is 1. The van der Waals surface area contributed by atoms with E-state index in [1.165, 1.54) is 7.11 Å². The monoisotopic (exact) mass is 396 g/mol. The summed E-state index contributed by atoms with van der Waals surface area (Å²) in [5, 5.41) is 3.54. The number of fused-ring (bicyclic) bond motifs is 1. The van der Waals surface area contributed by atoms with Gasteiger partial charge in [-0.25, -0.2) is 4.79 Å². The van der Waals surface area contributed by atoms with Crippen LogP contribution in [0.25, 0.3) is 10.9 Å². The number of carbonyl (C=O) groups excluding carboxylic acids is 2. The van der Waals surface area contributed by atoms with E-state index in [1.54, 1.807) is 44.0 Å². The van der Waals surface area contributed by atoms with Crippen LogP contribution in [-0.2, 0) is 23.0 Å². The number of carbonyl (C=O) groups is 2. The van der Waals surface area contributed by atoms with Crippen molar-refractivity contribution in [2.45, 2.75) is 12.5 Å². The minimum Gasteiger partial charge on any atom is -0.496 e. The standard InChI is InChI=1S/C22H24N2O5/c1-24-17(13-15-18(27-2)10-11-19(28-3)20(15)24)21(25)23-16(22(26)29-4)12-14-8-6-5-7-9-14/h5-11,13,16H,12H2,1-4H3,(H,23,25). The van der Waals surface area contributed by atoms with Crippen LogP contribution in [0.15, 0.2) is 48.5 Å². The fourth-order valence-electron chi connectivity index (χ4n) is 3.39. The van der Waals surface area contributed by atoms with Crippen LogP contribution in [0.3, 0.4) is 0 Å². The van der Waals surface area contributed by atoms with Crippen LogP contribution in [-0.4, -0.2) is 43.8 Å². The van der Waals surface area contributed by atoms with Gasteiger partial charge in [-0.3, -0.25) is 4.79 Å². The quantitative estimate of drug-likeness (QED) is 0.622. The molecule has 0 aliphatic heterocycles. The van der Waals surface area contributed by atoms with Crippen LogP contribution in [0.5, 0.6) is 11.5 Å². The predicted molar refractivity (Wildman–Crippen MR) is 109 cm³/mol. The molecule has 0 aliphatic rings. The van der Waals surface area contributed by atoms with Gasteiger partial charge in [-0.15, -0.1) is 0 Å². The lowest BCUT2D eigenvalue weighted by Gasteiger charge is -2.17. The lowest BCUT2D eigenvalue weighted by molar-refractivity contribution is -0.142. The maximum atomic E-state index is 13.0. The van der Waals surface area contributed by atoms with Gasteiger partial charge in [0, 0.05) is 18.9 Å². The van der Waals surface area contributed by atoms with Gasteiger partial charge in [-0.1, -0.05) is 30.3 Å². The molecule has 1 aromatic heterocycles. The molecule has 7 nitrogen and oxygen atoms in total. The lowest BCUT2D eigenvalue weighted by Crippen LogP contribution is -2.43. The molecule has 152 valence electrons. The van der Waals surface area contributed by atoms with Gasteiger partial charge in [0.1, 0.15) is 23.2 Å². The van der Waals surface area contributed by atoms with Crippen molar-refractivity contribution in [2.24, 2.45) is 7.05 Å². The molecule has 0 bridgehead atoms. The molecule has 0 fully saturated rings. The van der Waals surface area contributed by atoms with Crippen LogP contribution < -0.4 is 14.8 Å². The Kier molecular flexibility index (Phi) is 6.07. The topological polar surface area (TPSA) is 78.8 Å². The molecular formula is C22H24N2O5. The number of aromatic nitrogens is 1. The third-order valence-corrected chi connectivity index (χ3v) is 4.86. The second-order valence-corrected chi connectivity index (χ2v) is 6.56. The van der Waals surface area contributed by atoms with Crippen LogP contribution in [0.2, 0.25) is 0 Å². The molecule has 1 unspecified atom stereocenters. The van der Waals surface area contributed by atoms with Crippen LogP contribution >= 0.6 is 0 Å². The van der Waals surface area contributed by atoms with E-state index in [9.17, 15) is 9.59 Å². The van der Waals surface area contributed by atoms with Crippen molar-refractivity contribution in [2.75, 3.05) is 21.3 Å². The number of aryl methyl sites for hydroxylation is 1. The number of methoxy groups -OCH3 is 3.